The first-order valence-electron chi connectivity index (χ1n) is 9.47. The Morgan fingerprint density at radius 3 is 2.69 bits per heavy atom. The predicted molar refractivity (Wildman–Crippen MR) is 107 cm³/mol. The molecule has 1 N–H and O–H groups in total. The van der Waals surface area contributed by atoms with Crippen molar-refractivity contribution in [3.05, 3.63) is 29.8 Å². The topological polar surface area (TPSA) is 47.6 Å². The van der Waals surface area contributed by atoms with Crippen LogP contribution in [-0.2, 0) is 4.79 Å². The van der Waals surface area contributed by atoms with E-state index < -0.39 is 0 Å². The van der Waals surface area contributed by atoms with Crippen molar-refractivity contribution < 1.29 is 14.3 Å². The van der Waals surface area contributed by atoms with E-state index >= 15 is 0 Å². The molecule has 0 aromatic heterocycles. The molecule has 4 nitrogen and oxygen atoms in total. The molecule has 1 aliphatic carbocycles. The Morgan fingerprint density at radius 2 is 2.00 bits per heavy atom. The maximum atomic E-state index is 12.1. The fourth-order valence-corrected chi connectivity index (χ4v) is 3.30. The first kappa shape index (κ1) is 20.6. The van der Waals surface area contributed by atoms with Crippen molar-refractivity contribution in [3.63, 3.8) is 0 Å². The van der Waals surface area contributed by atoms with Gasteiger partial charge in [-0.3, -0.25) is 4.79 Å². The lowest BCUT2D eigenvalue weighted by atomic mass is 9.87. The molecule has 26 heavy (non-hydrogen) atoms. The number of nitrogens with one attached hydrogen (secondary N) is 1. The lowest BCUT2D eigenvalue weighted by Crippen LogP contribution is -2.36. The molecular formula is C21H30ClNO3. The summed E-state index contributed by atoms with van der Waals surface area (Å²) in [6.07, 6.45) is 9.77. The number of carbonyl (C=O) groups is 1. The second-order valence-electron chi connectivity index (χ2n) is 6.95. The van der Waals surface area contributed by atoms with Gasteiger partial charge in [0.25, 0.3) is 0 Å². The maximum Gasteiger partial charge on any atom is 0.244 e. The van der Waals surface area contributed by atoms with Crippen LogP contribution in [0.5, 0.6) is 11.5 Å². The quantitative estimate of drug-likeness (QED) is 0.381. The number of carbonyl (C=O) groups excluding carboxylic acids is 1. The van der Waals surface area contributed by atoms with Crippen molar-refractivity contribution in [1.82, 2.24) is 5.32 Å². The first-order valence-corrected chi connectivity index (χ1v) is 10.0. The summed E-state index contributed by atoms with van der Waals surface area (Å²) in [4.78, 5) is 12.1. The van der Waals surface area contributed by atoms with Gasteiger partial charge < -0.3 is 14.8 Å². The average Bonchev–Trinajstić information content (AvgIpc) is 2.66. The Bertz CT molecular complexity index is 595. The predicted octanol–water partition coefficient (Wildman–Crippen LogP) is 4.80. The third kappa shape index (κ3) is 6.91. The third-order valence-corrected chi connectivity index (χ3v) is 5.03. The zero-order chi connectivity index (χ0) is 18.8. The zero-order valence-corrected chi connectivity index (χ0v) is 16.6. The Balaban J connectivity index is 1.87. The smallest absolute Gasteiger partial charge is 0.244 e. The molecule has 0 aliphatic heterocycles. The number of benzene rings is 1. The SMILES string of the molecule is COc1cc(C=CC(=O)NC2CCC(C)CC2)ccc1OCCCCCl. The normalized spacial score (nSPS) is 20.1. The maximum absolute atomic E-state index is 12.1. The average molecular weight is 380 g/mol. The van der Waals surface area contributed by atoms with Gasteiger partial charge >= 0.3 is 0 Å². The molecule has 144 valence electrons. The lowest BCUT2D eigenvalue weighted by molar-refractivity contribution is -0.117. The highest BCUT2D eigenvalue weighted by Crippen LogP contribution is 2.29. The Morgan fingerprint density at radius 1 is 1.23 bits per heavy atom. The van der Waals surface area contributed by atoms with Crippen molar-refractivity contribution in [2.45, 2.75) is 51.5 Å². The fourth-order valence-electron chi connectivity index (χ4n) is 3.11. The lowest BCUT2D eigenvalue weighted by Gasteiger charge is -2.26. The summed E-state index contributed by atoms with van der Waals surface area (Å²) in [5, 5.41) is 3.10. The van der Waals surface area contributed by atoms with Gasteiger partial charge in [0, 0.05) is 18.0 Å². The van der Waals surface area contributed by atoms with Crippen molar-refractivity contribution >= 4 is 23.6 Å². The van der Waals surface area contributed by atoms with E-state index in [-0.39, 0.29) is 5.91 Å². The van der Waals surface area contributed by atoms with Gasteiger partial charge in [-0.25, -0.2) is 0 Å². The van der Waals surface area contributed by atoms with Gasteiger partial charge in [0.15, 0.2) is 11.5 Å². The van der Waals surface area contributed by atoms with Crippen LogP contribution in [0.25, 0.3) is 6.08 Å². The second kappa shape index (κ2) is 11.1. The summed E-state index contributed by atoms with van der Waals surface area (Å²) >= 11 is 5.67. The van der Waals surface area contributed by atoms with E-state index in [9.17, 15) is 4.79 Å². The molecule has 1 amide bonds. The highest BCUT2D eigenvalue weighted by molar-refractivity contribution is 6.17. The van der Waals surface area contributed by atoms with Crippen molar-refractivity contribution in [3.8, 4) is 11.5 Å². The van der Waals surface area contributed by atoms with E-state index in [0.29, 0.717) is 30.0 Å². The molecule has 0 radical (unpaired) electrons. The molecule has 0 atom stereocenters. The molecule has 2 rings (SSSR count). The van der Waals surface area contributed by atoms with Gasteiger partial charge in [0.1, 0.15) is 0 Å². The molecule has 1 aromatic carbocycles. The Labute approximate surface area is 161 Å². The van der Waals surface area contributed by atoms with Gasteiger partial charge in [-0.1, -0.05) is 13.0 Å². The fraction of sp³-hybridized carbons (Fsp3) is 0.571. The van der Waals surface area contributed by atoms with Crippen LogP contribution < -0.4 is 14.8 Å². The molecule has 1 aromatic rings. The summed E-state index contributed by atoms with van der Waals surface area (Å²) in [6.45, 7) is 2.89. The number of unbranched alkanes of at least 4 members (excludes halogenated alkanes) is 1. The number of amides is 1. The van der Waals surface area contributed by atoms with Gasteiger partial charge in [-0.05, 0) is 68.2 Å². The van der Waals surface area contributed by atoms with Crippen LogP contribution in [0.2, 0.25) is 0 Å². The minimum absolute atomic E-state index is 0.0371. The molecule has 0 unspecified atom stereocenters. The van der Waals surface area contributed by atoms with Gasteiger partial charge in [-0.15, -0.1) is 11.6 Å². The molecule has 1 fully saturated rings. The number of hydrogen-bond donors (Lipinski definition) is 1. The molecule has 0 spiro atoms. The molecule has 1 aliphatic rings. The van der Waals surface area contributed by atoms with E-state index in [4.69, 9.17) is 21.1 Å². The van der Waals surface area contributed by atoms with Crippen LogP contribution in [0, 0.1) is 5.92 Å². The minimum atomic E-state index is -0.0371. The monoisotopic (exact) mass is 379 g/mol. The van der Waals surface area contributed by atoms with Crippen LogP contribution in [0.4, 0.5) is 0 Å². The van der Waals surface area contributed by atoms with E-state index in [1.54, 1.807) is 19.3 Å². The first-order chi connectivity index (χ1) is 12.6. The third-order valence-electron chi connectivity index (χ3n) is 4.76. The minimum Gasteiger partial charge on any atom is -0.493 e. The van der Waals surface area contributed by atoms with Crippen molar-refractivity contribution in [2.75, 3.05) is 19.6 Å². The van der Waals surface area contributed by atoms with Crippen LogP contribution in [0.15, 0.2) is 24.3 Å². The van der Waals surface area contributed by atoms with Crippen LogP contribution in [-0.4, -0.2) is 31.5 Å². The van der Waals surface area contributed by atoms with E-state index in [1.807, 2.05) is 18.2 Å². The van der Waals surface area contributed by atoms with Crippen molar-refractivity contribution in [1.29, 1.82) is 0 Å². The van der Waals surface area contributed by atoms with E-state index in [0.717, 1.165) is 37.2 Å². The second-order valence-corrected chi connectivity index (χ2v) is 7.33. The van der Waals surface area contributed by atoms with E-state index in [2.05, 4.69) is 12.2 Å². The number of ether oxygens (including phenoxy) is 2. The Kier molecular flexibility index (Phi) is 8.82. The molecular weight excluding hydrogens is 350 g/mol. The molecule has 1 saturated carbocycles. The zero-order valence-electron chi connectivity index (χ0n) is 15.8. The molecule has 5 heteroatoms. The summed E-state index contributed by atoms with van der Waals surface area (Å²) in [5.41, 5.74) is 0.905. The van der Waals surface area contributed by atoms with Crippen LogP contribution in [0.1, 0.15) is 51.0 Å². The number of rotatable bonds is 9. The number of alkyl halides is 1. The number of halogens is 1. The summed E-state index contributed by atoms with van der Waals surface area (Å²) in [6, 6.07) is 5.98. The highest BCUT2D eigenvalue weighted by Gasteiger charge is 2.18. The van der Waals surface area contributed by atoms with Crippen LogP contribution in [0.3, 0.4) is 0 Å². The summed E-state index contributed by atoms with van der Waals surface area (Å²) in [7, 11) is 1.62. The largest absolute Gasteiger partial charge is 0.493 e. The highest BCUT2D eigenvalue weighted by atomic mass is 35.5. The standard InChI is InChI=1S/C21H30ClNO3/c1-16-5-9-18(10-6-16)23-21(24)12-8-17-7-11-19(20(15-17)25-2)26-14-4-3-13-22/h7-8,11-12,15-16,18H,3-6,9-10,13-14H2,1-2H3,(H,23,24). The molecule has 0 bridgehead atoms. The van der Waals surface area contributed by atoms with Crippen LogP contribution >= 0.6 is 11.6 Å². The summed E-state index contributed by atoms with van der Waals surface area (Å²) < 4.78 is 11.1. The van der Waals surface area contributed by atoms with Crippen molar-refractivity contribution in [2.24, 2.45) is 5.92 Å². The molecule has 0 saturated heterocycles. The van der Waals surface area contributed by atoms with Gasteiger partial charge in [-0.2, -0.15) is 0 Å². The molecule has 0 heterocycles. The van der Waals surface area contributed by atoms with E-state index in [1.165, 1.54) is 12.8 Å². The number of hydrogen-bond acceptors (Lipinski definition) is 3. The Hall–Kier alpha value is -1.68. The van der Waals surface area contributed by atoms with Gasteiger partial charge in [0.05, 0.1) is 13.7 Å². The number of methoxy groups -OCH3 is 1. The van der Waals surface area contributed by atoms with Gasteiger partial charge in [0.2, 0.25) is 5.91 Å². The summed E-state index contributed by atoms with van der Waals surface area (Å²) in [5.74, 6) is 2.76.